The second kappa shape index (κ2) is 7.26. The number of hydrogen-bond donors (Lipinski definition) is 1. The van der Waals surface area contributed by atoms with Gasteiger partial charge >= 0.3 is 0 Å². The third-order valence-corrected chi connectivity index (χ3v) is 6.41. The molecule has 3 aromatic rings. The van der Waals surface area contributed by atoms with Crippen molar-refractivity contribution >= 4 is 33.9 Å². The minimum absolute atomic E-state index is 0.102. The third-order valence-electron chi connectivity index (χ3n) is 5.65. The summed E-state index contributed by atoms with van der Waals surface area (Å²) in [6.07, 6.45) is 5.40. The molecule has 5 rings (SSSR count). The summed E-state index contributed by atoms with van der Waals surface area (Å²) in [5.41, 5.74) is 1.36. The lowest BCUT2D eigenvalue weighted by atomic mass is 9.96. The summed E-state index contributed by atoms with van der Waals surface area (Å²) in [4.78, 5) is 32.7. The first-order valence-electron chi connectivity index (χ1n) is 9.91. The van der Waals surface area contributed by atoms with Crippen LogP contribution in [0.15, 0.2) is 35.8 Å². The summed E-state index contributed by atoms with van der Waals surface area (Å²) in [5.74, 6) is 0.291. The molecule has 0 bridgehead atoms. The number of fused-ring (bicyclic) bond motifs is 1. The second-order valence-corrected chi connectivity index (χ2v) is 8.63. The number of aromatic nitrogens is 2. The van der Waals surface area contributed by atoms with Crippen LogP contribution in [0.3, 0.4) is 0 Å². The van der Waals surface area contributed by atoms with Gasteiger partial charge in [0.15, 0.2) is 4.96 Å². The van der Waals surface area contributed by atoms with Crippen molar-refractivity contribution in [3.05, 3.63) is 41.7 Å². The SMILES string of the molecule is O=C(Nc1c(-c2ccc(F)cc2)nc2sccn12)C1CCCN(C(=O)C2CC2)C1. The number of rotatable bonds is 4. The van der Waals surface area contributed by atoms with Gasteiger partial charge in [-0.15, -0.1) is 11.3 Å². The first-order valence-corrected chi connectivity index (χ1v) is 10.8. The van der Waals surface area contributed by atoms with Crippen LogP contribution >= 0.6 is 11.3 Å². The summed E-state index contributed by atoms with van der Waals surface area (Å²) in [7, 11) is 0. The highest BCUT2D eigenvalue weighted by Gasteiger charge is 2.37. The minimum Gasteiger partial charge on any atom is -0.342 e. The van der Waals surface area contributed by atoms with Crippen molar-refractivity contribution in [2.45, 2.75) is 25.7 Å². The number of thiazole rings is 1. The van der Waals surface area contributed by atoms with E-state index in [0.29, 0.717) is 18.1 Å². The van der Waals surface area contributed by atoms with Crippen LogP contribution in [0.2, 0.25) is 0 Å². The first kappa shape index (κ1) is 18.3. The van der Waals surface area contributed by atoms with Gasteiger partial charge in [-0.2, -0.15) is 0 Å². The number of benzene rings is 1. The van der Waals surface area contributed by atoms with Crippen molar-refractivity contribution in [1.82, 2.24) is 14.3 Å². The number of carbonyl (C=O) groups is 2. The van der Waals surface area contributed by atoms with E-state index >= 15 is 0 Å². The summed E-state index contributed by atoms with van der Waals surface area (Å²) < 4.78 is 15.2. The van der Waals surface area contributed by atoms with Crippen LogP contribution in [0.25, 0.3) is 16.2 Å². The molecule has 2 amide bonds. The maximum Gasteiger partial charge on any atom is 0.230 e. The maximum absolute atomic E-state index is 13.3. The quantitative estimate of drug-likeness (QED) is 0.709. The number of hydrogen-bond acceptors (Lipinski definition) is 4. The largest absolute Gasteiger partial charge is 0.342 e. The van der Waals surface area contributed by atoms with Gasteiger partial charge in [0.1, 0.15) is 17.3 Å². The molecule has 0 spiro atoms. The van der Waals surface area contributed by atoms with Crippen molar-refractivity contribution in [1.29, 1.82) is 0 Å². The molecule has 29 heavy (non-hydrogen) atoms. The predicted molar refractivity (Wildman–Crippen MR) is 109 cm³/mol. The standard InChI is InChI=1S/C21H21FN4O2S/c22-16-7-5-13(6-8-16)17-18(26-10-11-29-21(26)23-17)24-19(27)15-2-1-9-25(12-15)20(28)14-3-4-14/h5-8,10-11,14-15H,1-4,9,12H2,(H,24,27). The van der Waals surface area contributed by atoms with Gasteiger partial charge in [-0.1, -0.05) is 0 Å². The fraction of sp³-hybridized carbons (Fsp3) is 0.381. The Bertz CT molecular complexity index is 1070. The van der Waals surface area contributed by atoms with Crippen molar-refractivity contribution < 1.29 is 14.0 Å². The zero-order valence-electron chi connectivity index (χ0n) is 15.8. The Labute approximate surface area is 171 Å². The molecule has 1 saturated carbocycles. The highest BCUT2D eigenvalue weighted by Crippen LogP contribution is 2.34. The molecule has 1 atom stereocenters. The molecule has 1 saturated heterocycles. The van der Waals surface area contributed by atoms with Gasteiger partial charge in [-0.25, -0.2) is 9.37 Å². The molecule has 1 aliphatic heterocycles. The lowest BCUT2D eigenvalue weighted by Gasteiger charge is -2.32. The molecule has 3 heterocycles. The molecule has 0 radical (unpaired) electrons. The Morgan fingerprint density at radius 1 is 1.14 bits per heavy atom. The lowest BCUT2D eigenvalue weighted by Crippen LogP contribution is -2.44. The molecular formula is C21H21FN4O2S. The molecule has 1 aromatic carbocycles. The number of amides is 2. The van der Waals surface area contributed by atoms with E-state index in [0.717, 1.165) is 42.8 Å². The van der Waals surface area contributed by atoms with Crippen LogP contribution in [0.5, 0.6) is 0 Å². The molecule has 1 aliphatic carbocycles. The van der Waals surface area contributed by atoms with Crippen molar-refractivity contribution in [3.8, 4) is 11.3 Å². The van der Waals surface area contributed by atoms with E-state index in [2.05, 4.69) is 10.3 Å². The Morgan fingerprint density at radius 3 is 2.69 bits per heavy atom. The molecular weight excluding hydrogens is 391 g/mol. The Kier molecular flexibility index (Phi) is 4.58. The Morgan fingerprint density at radius 2 is 1.93 bits per heavy atom. The number of carbonyl (C=O) groups excluding carboxylic acids is 2. The Hall–Kier alpha value is -2.74. The molecule has 1 unspecified atom stereocenters. The maximum atomic E-state index is 13.3. The molecule has 8 heteroatoms. The van der Waals surface area contributed by atoms with Crippen molar-refractivity contribution in [3.63, 3.8) is 0 Å². The van der Waals surface area contributed by atoms with Gasteiger partial charge in [0, 0.05) is 36.1 Å². The highest BCUT2D eigenvalue weighted by molar-refractivity contribution is 7.15. The zero-order valence-corrected chi connectivity index (χ0v) is 16.6. The normalized spacial score (nSPS) is 19.5. The van der Waals surface area contributed by atoms with Crippen LogP contribution in [0.4, 0.5) is 10.2 Å². The molecule has 2 fully saturated rings. The monoisotopic (exact) mass is 412 g/mol. The number of nitrogens with zero attached hydrogens (tertiary/aromatic N) is 3. The molecule has 2 aromatic heterocycles. The van der Waals surface area contributed by atoms with Gasteiger partial charge in [0.2, 0.25) is 11.8 Å². The van der Waals surface area contributed by atoms with Crippen LogP contribution < -0.4 is 5.32 Å². The summed E-state index contributed by atoms with van der Waals surface area (Å²) in [6, 6.07) is 6.09. The van der Waals surface area contributed by atoms with Crippen LogP contribution in [0.1, 0.15) is 25.7 Å². The fourth-order valence-corrected chi connectivity index (χ4v) is 4.63. The topological polar surface area (TPSA) is 66.7 Å². The predicted octanol–water partition coefficient (Wildman–Crippen LogP) is 3.79. The molecule has 1 N–H and O–H groups in total. The number of anilines is 1. The van der Waals surface area contributed by atoms with Gasteiger partial charge in [0.25, 0.3) is 0 Å². The van der Waals surface area contributed by atoms with Gasteiger partial charge in [0.05, 0.1) is 5.92 Å². The zero-order chi connectivity index (χ0) is 20.0. The average molecular weight is 412 g/mol. The fourth-order valence-electron chi connectivity index (χ4n) is 3.91. The number of nitrogens with one attached hydrogen (secondary N) is 1. The number of piperidine rings is 1. The molecule has 6 nitrogen and oxygen atoms in total. The van der Waals surface area contributed by atoms with Gasteiger partial charge < -0.3 is 10.2 Å². The summed E-state index contributed by atoms with van der Waals surface area (Å²) in [5, 5.41) is 4.95. The van der Waals surface area contributed by atoms with Crippen LogP contribution in [0, 0.1) is 17.7 Å². The second-order valence-electron chi connectivity index (χ2n) is 7.76. The van der Waals surface area contributed by atoms with Gasteiger partial charge in [-0.3, -0.25) is 14.0 Å². The van der Waals surface area contributed by atoms with E-state index in [1.807, 2.05) is 20.9 Å². The number of imidazole rings is 1. The lowest BCUT2D eigenvalue weighted by molar-refractivity contribution is -0.135. The minimum atomic E-state index is -0.317. The summed E-state index contributed by atoms with van der Waals surface area (Å²) in [6.45, 7) is 1.21. The van der Waals surface area contributed by atoms with E-state index in [4.69, 9.17) is 0 Å². The van der Waals surface area contributed by atoms with E-state index in [1.54, 1.807) is 12.1 Å². The van der Waals surface area contributed by atoms with E-state index < -0.39 is 0 Å². The number of halogens is 1. The molecule has 150 valence electrons. The molecule has 2 aliphatic rings. The van der Waals surface area contributed by atoms with E-state index in [1.165, 1.54) is 23.5 Å². The van der Waals surface area contributed by atoms with Crippen molar-refractivity contribution in [2.75, 3.05) is 18.4 Å². The third kappa shape index (κ3) is 3.53. The number of likely N-dealkylation sites (tertiary alicyclic amines) is 1. The Balaban J connectivity index is 1.40. The first-order chi connectivity index (χ1) is 14.1. The summed E-state index contributed by atoms with van der Waals surface area (Å²) >= 11 is 1.47. The highest BCUT2D eigenvalue weighted by atomic mass is 32.1. The van der Waals surface area contributed by atoms with Crippen molar-refractivity contribution in [2.24, 2.45) is 11.8 Å². The smallest absolute Gasteiger partial charge is 0.230 e. The van der Waals surface area contributed by atoms with E-state index in [9.17, 15) is 14.0 Å². The van der Waals surface area contributed by atoms with Gasteiger partial charge in [-0.05, 0) is 49.9 Å². The average Bonchev–Trinajstić information content (AvgIpc) is 3.40. The van der Waals surface area contributed by atoms with E-state index in [-0.39, 0.29) is 29.5 Å². The van der Waals surface area contributed by atoms with Crippen LogP contribution in [-0.4, -0.2) is 39.2 Å². The van der Waals surface area contributed by atoms with Crippen LogP contribution in [-0.2, 0) is 9.59 Å².